The number of ether oxygens (including phenoxy) is 1. The normalized spacial score (nSPS) is 26.1. The van der Waals surface area contributed by atoms with Crippen LogP contribution in [0.25, 0.3) is 6.08 Å². The zero-order valence-electron chi connectivity index (χ0n) is 11.0. The number of nitrogens with one attached hydrogen (secondary N) is 1. The van der Waals surface area contributed by atoms with E-state index in [1.807, 2.05) is 0 Å². The van der Waals surface area contributed by atoms with Gasteiger partial charge in [0.25, 0.3) is 5.56 Å². The van der Waals surface area contributed by atoms with Crippen molar-refractivity contribution < 1.29 is 14.9 Å². The molecule has 2 heterocycles. The van der Waals surface area contributed by atoms with Crippen molar-refractivity contribution in [2.45, 2.75) is 24.9 Å². The van der Waals surface area contributed by atoms with Gasteiger partial charge in [-0.25, -0.2) is 4.79 Å². The van der Waals surface area contributed by atoms with Crippen LogP contribution in [0.4, 0.5) is 0 Å². The third-order valence-electron chi connectivity index (χ3n) is 3.15. The summed E-state index contributed by atoms with van der Waals surface area (Å²) >= 11 is 3.10. The predicted molar refractivity (Wildman–Crippen MR) is 80.0 cm³/mol. The van der Waals surface area contributed by atoms with Gasteiger partial charge in [-0.15, -0.1) is 0 Å². The van der Waals surface area contributed by atoms with Crippen molar-refractivity contribution in [3.8, 4) is 0 Å². The molecule has 0 spiro atoms. The minimum atomic E-state index is -0.853. The first kappa shape index (κ1) is 15.9. The molecule has 3 unspecified atom stereocenters. The SMILES string of the molecule is O=c1[nH]c(=O)n(C2CC(O)C(CO)O2)cc1/C=C/C=C\Br. The van der Waals surface area contributed by atoms with Crippen LogP contribution >= 0.6 is 15.9 Å². The van der Waals surface area contributed by atoms with Crippen molar-refractivity contribution in [3.63, 3.8) is 0 Å². The van der Waals surface area contributed by atoms with Crippen molar-refractivity contribution in [2.75, 3.05) is 6.61 Å². The monoisotopic (exact) mass is 358 g/mol. The molecule has 8 heteroatoms. The largest absolute Gasteiger partial charge is 0.394 e. The molecule has 2 rings (SSSR count). The van der Waals surface area contributed by atoms with Gasteiger partial charge in [-0.1, -0.05) is 28.1 Å². The lowest BCUT2D eigenvalue weighted by molar-refractivity contribution is -0.0459. The maximum Gasteiger partial charge on any atom is 0.330 e. The second kappa shape index (κ2) is 6.99. The van der Waals surface area contributed by atoms with Crippen LogP contribution < -0.4 is 11.2 Å². The summed E-state index contributed by atoms with van der Waals surface area (Å²) in [7, 11) is 0. The summed E-state index contributed by atoms with van der Waals surface area (Å²) in [5.41, 5.74) is -0.845. The Morgan fingerprint density at radius 3 is 2.86 bits per heavy atom. The van der Waals surface area contributed by atoms with Crippen LogP contribution in [0.5, 0.6) is 0 Å². The number of nitrogens with zero attached hydrogens (tertiary/aromatic N) is 1. The summed E-state index contributed by atoms with van der Waals surface area (Å²) in [4.78, 5) is 27.4. The molecule has 1 aromatic rings. The van der Waals surface area contributed by atoms with E-state index in [0.717, 1.165) is 0 Å². The van der Waals surface area contributed by atoms with Crippen molar-refractivity contribution in [3.05, 3.63) is 49.7 Å². The summed E-state index contributed by atoms with van der Waals surface area (Å²) in [6.45, 7) is -0.335. The van der Waals surface area contributed by atoms with Gasteiger partial charge in [0.2, 0.25) is 0 Å². The molecule has 3 atom stereocenters. The Bertz CT molecular complexity index is 663. The van der Waals surface area contributed by atoms with Crippen molar-refractivity contribution >= 4 is 22.0 Å². The molecular weight excluding hydrogens is 344 g/mol. The molecule has 21 heavy (non-hydrogen) atoms. The summed E-state index contributed by atoms with van der Waals surface area (Å²) < 4.78 is 6.61. The average molecular weight is 359 g/mol. The Hall–Kier alpha value is -1.48. The van der Waals surface area contributed by atoms with Crippen LogP contribution in [0.3, 0.4) is 0 Å². The minimum Gasteiger partial charge on any atom is -0.394 e. The Kier molecular flexibility index (Phi) is 5.29. The fourth-order valence-electron chi connectivity index (χ4n) is 2.09. The fraction of sp³-hybridized carbons (Fsp3) is 0.385. The predicted octanol–water partition coefficient (Wildman–Crippen LogP) is 0.0991. The van der Waals surface area contributed by atoms with Crippen LogP contribution in [0.15, 0.2) is 32.9 Å². The highest BCUT2D eigenvalue weighted by molar-refractivity contribution is 9.11. The maximum atomic E-state index is 11.8. The smallest absolute Gasteiger partial charge is 0.330 e. The number of halogens is 1. The number of rotatable bonds is 4. The number of hydrogen-bond donors (Lipinski definition) is 3. The summed E-state index contributed by atoms with van der Waals surface area (Å²) in [5.74, 6) is 0. The molecule has 0 amide bonds. The molecule has 0 aromatic carbocycles. The zero-order valence-corrected chi connectivity index (χ0v) is 12.6. The topological polar surface area (TPSA) is 105 Å². The summed E-state index contributed by atoms with van der Waals surface area (Å²) in [5, 5.41) is 18.8. The van der Waals surface area contributed by atoms with E-state index in [1.54, 1.807) is 23.2 Å². The Labute approximate surface area is 128 Å². The highest BCUT2D eigenvalue weighted by Gasteiger charge is 2.35. The molecule has 0 aliphatic carbocycles. The van der Waals surface area contributed by atoms with Crippen molar-refractivity contribution in [2.24, 2.45) is 0 Å². The second-order valence-corrected chi connectivity index (χ2v) is 5.07. The van der Waals surface area contributed by atoms with Crippen LogP contribution in [-0.2, 0) is 4.74 Å². The lowest BCUT2D eigenvalue weighted by Gasteiger charge is -2.14. The maximum absolute atomic E-state index is 11.8. The number of aliphatic hydroxyl groups excluding tert-OH is 2. The van der Waals surface area contributed by atoms with Gasteiger partial charge >= 0.3 is 5.69 Å². The van der Waals surface area contributed by atoms with E-state index >= 15 is 0 Å². The molecule has 0 radical (unpaired) electrons. The van der Waals surface area contributed by atoms with Crippen molar-refractivity contribution in [1.29, 1.82) is 0 Å². The molecule has 1 aliphatic heterocycles. The third kappa shape index (κ3) is 3.59. The van der Waals surface area contributed by atoms with Gasteiger partial charge in [0, 0.05) is 12.6 Å². The van der Waals surface area contributed by atoms with Gasteiger partial charge < -0.3 is 14.9 Å². The molecular formula is C13H15BrN2O5. The number of aromatic amines is 1. The van der Waals surface area contributed by atoms with Crippen LogP contribution in [0.2, 0.25) is 0 Å². The lowest BCUT2D eigenvalue weighted by Crippen LogP contribution is -2.33. The first-order valence-electron chi connectivity index (χ1n) is 6.30. The number of H-pyrrole nitrogens is 1. The molecule has 114 valence electrons. The van der Waals surface area contributed by atoms with E-state index in [9.17, 15) is 14.7 Å². The van der Waals surface area contributed by atoms with Gasteiger partial charge in [-0.2, -0.15) is 0 Å². The molecule has 1 saturated heterocycles. The standard InChI is InChI=1S/C13H15BrN2O5/c14-4-2-1-3-8-6-16(13(20)15-12(8)19)11-5-9(18)10(7-17)21-11/h1-4,6,9-11,17-18H,5,7H2,(H,15,19,20)/b3-1+,4-2-. The lowest BCUT2D eigenvalue weighted by atomic mass is 10.2. The van der Waals surface area contributed by atoms with Crippen LogP contribution in [0.1, 0.15) is 18.2 Å². The molecule has 1 fully saturated rings. The minimum absolute atomic E-state index is 0.168. The highest BCUT2D eigenvalue weighted by atomic mass is 79.9. The number of hydrogen-bond acceptors (Lipinski definition) is 5. The number of aromatic nitrogens is 2. The van der Waals surface area contributed by atoms with Crippen LogP contribution in [-0.4, -0.2) is 38.6 Å². The average Bonchev–Trinajstić information content (AvgIpc) is 2.82. The van der Waals surface area contributed by atoms with Gasteiger partial charge in [0.05, 0.1) is 18.3 Å². The van der Waals surface area contributed by atoms with Crippen molar-refractivity contribution in [1.82, 2.24) is 9.55 Å². The number of aliphatic hydroxyl groups is 2. The third-order valence-corrected chi connectivity index (χ3v) is 3.45. The van der Waals surface area contributed by atoms with E-state index in [1.165, 1.54) is 10.8 Å². The molecule has 0 bridgehead atoms. The molecule has 7 nitrogen and oxygen atoms in total. The Morgan fingerprint density at radius 2 is 2.24 bits per heavy atom. The molecule has 3 N–H and O–H groups in total. The molecule has 0 saturated carbocycles. The summed E-state index contributed by atoms with van der Waals surface area (Å²) in [6, 6.07) is 0. The Balaban J connectivity index is 2.34. The van der Waals surface area contributed by atoms with E-state index in [2.05, 4.69) is 20.9 Å². The highest BCUT2D eigenvalue weighted by Crippen LogP contribution is 2.27. The zero-order chi connectivity index (χ0) is 15.4. The molecule has 1 aromatic heterocycles. The summed E-state index contributed by atoms with van der Waals surface area (Å²) in [6.07, 6.45) is 4.08. The van der Waals surface area contributed by atoms with Gasteiger partial charge in [0.15, 0.2) is 0 Å². The number of allylic oxidation sites excluding steroid dienone is 2. The Morgan fingerprint density at radius 1 is 1.48 bits per heavy atom. The quantitative estimate of drug-likeness (QED) is 0.662. The van der Waals surface area contributed by atoms with Gasteiger partial charge in [-0.05, 0) is 11.1 Å². The first-order valence-corrected chi connectivity index (χ1v) is 7.21. The fourth-order valence-corrected chi connectivity index (χ4v) is 2.26. The van der Waals surface area contributed by atoms with Gasteiger partial charge in [0.1, 0.15) is 12.3 Å². The van der Waals surface area contributed by atoms with Gasteiger partial charge in [-0.3, -0.25) is 14.3 Å². The first-order chi connectivity index (χ1) is 10.1. The van der Waals surface area contributed by atoms with E-state index in [0.29, 0.717) is 0 Å². The van der Waals surface area contributed by atoms with E-state index in [-0.39, 0.29) is 18.6 Å². The molecule has 1 aliphatic rings. The van der Waals surface area contributed by atoms with Crippen LogP contribution in [0, 0.1) is 0 Å². The second-order valence-electron chi connectivity index (χ2n) is 4.54. The van der Waals surface area contributed by atoms with E-state index in [4.69, 9.17) is 9.84 Å². The van der Waals surface area contributed by atoms with E-state index < -0.39 is 29.7 Å².